The number of hydrogen-bond donors (Lipinski definition) is 2. The Bertz CT molecular complexity index is 1200. The van der Waals surface area contributed by atoms with Crippen LogP contribution in [0.2, 0.25) is 0 Å². The summed E-state index contributed by atoms with van der Waals surface area (Å²) in [6.45, 7) is 27.0. The number of piperidine rings is 1. The Balaban J connectivity index is 0.00000263. The molecule has 0 aliphatic carbocycles. The molecule has 262 valence electrons. The molecule has 0 bridgehead atoms. The summed E-state index contributed by atoms with van der Waals surface area (Å²) in [6.07, 6.45) is 11.5. The minimum absolute atomic E-state index is 0.0671. The average molecular weight is 647 g/mol. The summed E-state index contributed by atoms with van der Waals surface area (Å²) in [7, 11) is 0. The highest BCUT2D eigenvalue weighted by atomic mass is 19.3. The standard InChI is InChI=1S/C32H47F3N4.C5H12.C2H6/c1-9-22(5)24(7)27(19-29(21(3)4)39-17-12-11-13-18-39)31(38-25(8)23(6)10-2)37-20-26-15-14-16-28(30(26)33)32(34,35)36;1-3-5-4-2;1-2/h14-16,19H,9-13,17-18,20,36H2,1-8H3,(H,37,38);3-5H2,1-2H3;1-2H3/b24-22?,25-23?,27-19+;;. The first-order chi connectivity index (χ1) is 21.7. The molecule has 4 nitrogen and oxygen atoms in total. The minimum atomic E-state index is -3.77. The van der Waals surface area contributed by atoms with E-state index < -0.39 is 17.4 Å². The molecule has 46 heavy (non-hydrogen) atoms. The van der Waals surface area contributed by atoms with Crippen LogP contribution in [0.3, 0.4) is 0 Å². The van der Waals surface area contributed by atoms with Gasteiger partial charge in [0.1, 0.15) is 11.7 Å². The fourth-order valence-electron chi connectivity index (χ4n) is 4.89. The van der Waals surface area contributed by atoms with Crippen LogP contribution < -0.4 is 11.1 Å². The first kappa shape index (κ1) is 43.2. The summed E-state index contributed by atoms with van der Waals surface area (Å²) in [6, 6.07) is 0.119. The first-order valence-electron chi connectivity index (χ1n) is 17.5. The molecule has 7 heteroatoms. The molecular formula is C39H65F3N4. The van der Waals surface area contributed by atoms with Crippen LogP contribution in [0.15, 0.2) is 68.5 Å². The molecule has 1 aliphatic rings. The third-order valence-corrected chi connectivity index (χ3v) is 8.35. The molecule has 0 unspecified atom stereocenters. The lowest BCUT2D eigenvalue weighted by Gasteiger charge is -2.31. The summed E-state index contributed by atoms with van der Waals surface area (Å²) in [5, 5.41) is 3.50. The van der Waals surface area contributed by atoms with Gasteiger partial charge in [0.15, 0.2) is 0 Å². The van der Waals surface area contributed by atoms with E-state index in [1.165, 1.54) is 54.5 Å². The zero-order chi connectivity index (χ0) is 35.4. The number of rotatable bonds is 12. The quantitative estimate of drug-likeness (QED) is 0.103. The largest absolute Gasteiger partial charge is 0.372 e. The summed E-state index contributed by atoms with van der Waals surface area (Å²) in [5.41, 5.74) is 11.9. The van der Waals surface area contributed by atoms with Crippen molar-refractivity contribution in [1.82, 2.24) is 10.2 Å². The van der Waals surface area contributed by atoms with Crippen molar-refractivity contribution < 1.29 is 13.2 Å². The predicted molar refractivity (Wildman–Crippen MR) is 195 cm³/mol. The molecule has 1 aliphatic heterocycles. The summed E-state index contributed by atoms with van der Waals surface area (Å²) < 4.78 is 42.7. The van der Waals surface area contributed by atoms with Crippen molar-refractivity contribution in [3.05, 3.63) is 80.5 Å². The first-order valence-corrected chi connectivity index (χ1v) is 17.5. The molecule has 3 N–H and O–H groups in total. The van der Waals surface area contributed by atoms with Crippen molar-refractivity contribution in [2.24, 2.45) is 10.7 Å². The van der Waals surface area contributed by atoms with Crippen molar-refractivity contribution in [3.63, 3.8) is 0 Å². The molecule has 0 atom stereocenters. The second-order valence-corrected chi connectivity index (χ2v) is 12.1. The van der Waals surface area contributed by atoms with E-state index in [9.17, 15) is 8.78 Å². The van der Waals surface area contributed by atoms with Crippen molar-refractivity contribution in [1.29, 1.82) is 0 Å². The zero-order valence-corrected chi connectivity index (χ0v) is 31.2. The molecule has 0 saturated carbocycles. The zero-order valence-electron chi connectivity index (χ0n) is 31.2. The van der Waals surface area contributed by atoms with Crippen molar-refractivity contribution in [2.75, 3.05) is 13.1 Å². The number of nitrogens with one attached hydrogen (secondary N) is 1. The van der Waals surface area contributed by atoms with Gasteiger partial charge in [-0.3, -0.25) is 10.7 Å². The van der Waals surface area contributed by atoms with Gasteiger partial charge in [-0.15, -0.1) is 0 Å². The van der Waals surface area contributed by atoms with E-state index >= 15 is 4.39 Å². The summed E-state index contributed by atoms with van der Waals surface area (Å²) >= 11 is 0. The third-order valence-electron chi connectivity index (χ3n) is 8.35. The summed E-state index contributed by atoms with van der Waals surface area (Å²) in [5.74, 6) is -0.434. The normalized spacial score (nSPS) is 15.1. The summed E-state index contributed by atoms with van der Waals surface area (Å²) in [4.78, 5) is 7.26. The molecule has 0 amide bonds. The van der Waals surface area contributed by atoms with E-state index in [4.69, 9.17) is 10.7 Å². The van der Waals surface area contributed by atoms with E-state index in [1.54, 1.807) is 0 Å². The predicted octanol–water partition coefficient (Wildman–Crippen LogP) is 11.7. The van der Waals surface area contributed by atoms with Gasteiger partial charge in [0.25, 0.3) is 0 Å². The highest BCUT2D eigenvalue weighted by Gasteiger charge is 2.30. The van der Waals surface area contributed by atoms with Gasteiger partial charge in [-0.25, -0.2) is 4.39 Å². The van der Waals surface area contributed by atoms with Gasteiger partial charge in [0.05, 0.1) is 12.1 Å². The van der Waals surface area contributed by atoms with Gasteiger partial charge >= 0.3 is 6.05 Å². The van der Waals surface area contributed by atoms with Crippen LogP contribution in [-0.4, -0.2) is 23.8 Å². The number of benzene rings is 1. The number of nitrogens with two attached hydrogens (primary N) is 1. The van der Waals surface area contributed by atoms with Crippen molar-refractivity contribution >= 4 is 5.84 Å². The Morgan fingerprint density at radius 3 is 1.93 bits per heavy atom. The lowest BCUT2D eigenvalue weighted by Crippen LogP contribution is -2.31. The maximum absolute atomic E-state index is 15.1. The van der Waals surface area contributed by atoms with Gasteiger partial charge < -0.3 is 10.2 Å². The number of likely N-dealkylation sites (tertiary alicyclic amines) is 1. The molecule has 1 fully saturated rings. The van der Waals surface area contributed by atoms with E-state index in [2.05, 4.69) is 78.6 Å². The fourth-order valence-corrected chi connectivity index (χ4v) is 4.89. The second-order valence-electron chi connectivity index (χ2n) is 12.1. The third kappa shape index (κ3) is 14.3. The highest BCUT2D eigenvalue weighted by molar-refractivity contribution is 6.03. The van der Waals surface area contributed by atoms with Crippen LogP contribution in [0.5, 0.6) is 0 Å². The van der Waals surface area contributed by atoms with Gasteiger partial charge in [-0.1, -0.05) is 89.7 Å². The molecule has 0 aromatic heterocycles. The van der Waals surface area contributed by atoms with Gasteiger partial charge in [-0.05, 0) is 91.4 Å². The van der Waals surface area contributed by atoms with Crippen LogP contribution in [0, 0.1) is 5.82 Å². The number of alkyl halides is 2. The molecule has 1 heterocycles. The molecule has 1 saturated heterocycles. The maximum atomic E-state index is 15.1. The topological polar surface area (TPSA) is 53.6 Å². The van der Waals surface area contributed by atoms with Crippen LogP contribution in [0.4, 0.5) is 13.2 Å². The van der Waals surface area contributed by atoms with Crippen LogP contribution in [-0.2, 0) is 12.6 Å². The Morgan fingerprint density at radius 2 is 1.48 bits per heavy atom. The Kier molecular flexibility index (Phi) is 21.3. The number of nitrogens with zero attached hydrogens (tertiary/aromatic N) is 2. The molecule has 2 rings (SSSR count). The van der Waals surface area contributed by atoms with Gasteiger partial charge in [0.2, 0.25) is 0 Å². The highest BCUT2D eigenvalue weighted by Crippen LogP contribution is 2.28. The average Bonchev–Trinajstić information content (AvgIpc) is 3.04. The van der Waals surface area contributed by atoms with Gasteiger partial charge in [0, 0.05) is 35.6 Å². The van der Waals surface area contributed by atoms with Gasteiger partial charge in [-0.2, -0.15) is 8.78 Å². The van der Waals surface area contributed by atoms with Crippen molar-refractivity contribution in [3.8, 4) is 0 Å². The number of allylic oxidation sites excluding steroid dienone is 5. The minimum Gasteiger partial charge on any atom is -0.372 e. The maximum Gasteiger partial charge on any atom is 0.329 e. The molecule has 1 aromatic rings. The molecule has 0 radical (unpaired) electrons. The number of halogens is 3. The lowest BCUT2D eigenvalue weighted by molar-refractivity contribution is -0.000743. The number of amidine groups is 1. The smallest absolute Gasteiger partial charge is 0.329 e. The Morgan fingerprint density at radius 1 is 0.913 bits per heavy atom. The molecule has 0 spiro atoms. The van der Waals surface area contributed by atoms with E-state index in [0.29, 0.717) is 5.84 Å². The van der Waals surface area contributed by atoms with E-state index in [0.717, 1.165) is 67.4 Å². The second kappa shape index (κ2) is 22.7. The van der Waals surface area contributed by atoms with Crippen LogP contribution in [0.1, 0.15) is 146 Å². The number of aliphatic imine (C=N–C) groups is 1. The fraction of sp³-hybridized carbons (Fsp3) is 0.615. The number of unbranched alkanes of at least 4 members (excludes halogenated alkanes) is 2. The van der Waals surface area contributed by atoms with Crippen LogP contribution in [0.25, 0.3) is 0 Å². The number of hydrogen-bond acceptors (Lipinski definition) is 3. The lowest BCUT2D eigenvalue weighted by atomic mass is 9.96. The van der Waals surface area contributed by atoms with Crippen LogP contribution >= 0.6 is 0 Å². The Labute approximate surface area is 280 Å². The van der Waals surface area contributed by atoms with E-state index in [1.807, 2.05) is 20.8 Å². The molecule has 1 aromatic carbocycles. The SMILES string of the molecule is CC.CCC(C)=C(C)NC(=NCc1cccc(C(N)(F)F)c1F)/C(=C/C(=C(C)C)N1CCCCC1)C(C)=C(C)CC.CCCCC. The van der Waals surface area contributed by atoms with Crippen molar-refractivity contribution in [2.45, 2.75) is 147 Å². The Hall–Kier alpha value is -2.80. The monoisotopic (exact) mass is 647 g/mol. The van der Waals surface area contributed by atoms with E-state index in [-0.39, 0.29) is 12.1 Å². The molecular weight excluding hydrogens is 581 g/mol.